The summed E-state index contributed by atoms with van der Waals surface area (Å²) in [7, 11) is 0. The van der Waals surface area contributed by atoms with Crippen molar-refractivity contribution in [3.8, 4) is 0 Å². The molecule has 1 aromatic carbocycles. The molecule has 72 valence electrons. The molecule has 1 aliphatic rings. The molecule has 2 nitrogen and oxygen atoms in total. The number of aliphatic hydroxyl groups excluding tert-OH is 1. The highest BCUT2D eigenvalue weighted by Crippen LogP contribution is 2.18. The summed E-state index contributed by atoms with van der Waals surface area (Å²) < 4.78 is 0. The van der Waals surface area contributed by atoms with E-state index in [1.807, 2.05) is 12.1 Å². The molecule has 3 N–H and O–H groups in total. The van der Waals surface area contributed by atoms with Gasteiger partial charge in [-0.1, -0.05) is 42.6 Å². The van der Waals surface area contributed by atoms with Crippen molar-refractivity contribution in [2.45, 2.75) is 19.2 Å². The van der Waals surface area contributed by atoms with Crippen LogP contribution in [0.2, 0.25) is 6.82 Å². The van der Waals surface area contributed by atoms with E-state index in [0.29, 0.717) is 6.71 Å². The Hall–Kier alpha value is -1.22. The van der Waals surface area contributed by atoms with Gasteiger partial charge in [0.05, 0.1) is 0 Å². The molecule has 0 saturated heterocycles. The molecule has 14 heavy (non-hydrogen) atoms. The van der Waals surface area contributed by atoms with Crippen LogP contribution in [-0.2, 0) is 6.42 Å². The van der Waals surface area contributed by atoms with E-state index >= 15 is 0 Å². The summed E-state index contributed by atoms with van der Waals surface area (Å²) in [5.74, 6) is 0.313. The standard InChI is InChI=1S/C11H14BNO/c1-7(14)9-5-3-4-8-6-10(13)12(2)11(8)9/h3-5,10,14H,1,6,13H2,2H3. The van der Waals surface area contributed by atoms with Crippen LogP contribution in [0.5, 0.6) is 0 Å². The molecule has 1 heterocycles. The lowest BCUT2D eigenvalue weighted by Gasteiger charge is -2.10. The Balaban J connectivity index is 2.58. The zero-order valence-corrected chi connectivity index (χ0v) is 8.33. The summed E-state index contributed by atoms with van der Waals surface area (Å²) >= 11 is 0. The highest BCUT2D eigenvalue weighted by Gasteiger charge is 2.31. The highest BCUT2D eigenvalue weighted by molar-refractivity contribution is 6.75. The molecule has 0 fully saturated rings. The second-order valence-corrected chi connectivity index (χ2v) is 3.98. The number of nitrogens with two attached hydrogens (primary N) is 1. The first-order chi connectivity index (χ1) is 6.61. The van der Waals surface area contributed by atoms with Gasteiger partial charge >= 0.3 is 0 Å². The molecule has 0 bridgehead atoms. The molecule has 0 amide bonds. The van der Waals surface area contributed by atoms with Crippen LogP contribution in [0.4, 0.5) is 0 Å². The third-order valence-electron chi connectivity index (χ3n) is 3.06. The molecule has 0 aromatic heterocycles. The van der Waals surface area contributed by atoms with Crippen molar-refractivity contribution in [3.63, 3.8) is 0 Å². The molecular formula is C11H14BNO. The van der Waals surface area contributed by atoms with Gasteiger partial charge in [-0.3, -0.25) is 0 Å². The van der Waals surface area contributed by atoms with Gasteiger partial charge in [0.2, 0.25) is 0 Å². The Morgan fingerprint density at radius 2 is 2.36 bits per heavy atom. The lowest BCUT2D eigenvalue weighted by molar-refractivity contribution is 0.514. The summed E-state index contributed by atoms with van der Waals surface area (Å²) in [6, 6.07) is 5.92. The molecule has 1 unspecified atom stereocenters. The van der Waals surface area contributed by atoms with Crippen LogP contribution in [0.25, 0.3) is 5.76 Å². The minimum Gasteiger partial charge on any atom is -0.508 e. The normalized spacial score (nSPS) is 19.6. The number of fused-ring (bicyclic) bond motifs is 1. The van der Waals surface area contributed by atoms with E-state index in [9.17, 15) is 5.11 Å². The minimum absolute atomic E-state index is 0.141. The smallest absolute Gasteiger partial charge is 0.193 e. The number of aliphatic hydroxyl groups is 1. The summed E-state index contributed by atoms with van der Waals surface area (Å²) in [6.07, 6.45) is 0.900. The predicted molar refractivity (Wildman–Crippen MR) is 61.0 cm³/mol. The monoisotopic (exact) mass is 187 g/mol. The maximum atomic E-state index is 9.46. The Kier molecular flexibility index (Phi) is 2.12. The molecule has 0 aliphatic carbocycles. The molecule has 0 saturated carbocycles. The number of rotatable bonds is 1. The SMILES string of the molecule is C=C(O)c1cccc2c1B(C)C(N)C2. The minimum atomic E-state index is 0.141. The fourth-order valence-electron chi connectivity index (χ4n) is 2.23. The average molecular weight is 187 g/mol. The molecule has 0 spiro atoms. The molecule has 1 atom stereocenters. The average Bonchev–Trinajstić information content (AvgIpc) is 2.43. The maximum Gasteiger partial charge on any atom is 0.193 e. The van der Waals surface area contributed by atoms with Gasteiger partial charge in [-0.15, -0.1) is 0 Å². The molecule has 2 rings (SSSR count). The summed E-state index contributed by atoms with van der Waals surface area (Å²) in [5.41, 5.74) is 9.26. The molecule has 1 aliphatic heterocycles. The lowest BCUT2D eigenvalue weighted by Crippen LogP contribution is -2.41. The zero-order valence-electron chi connectivity index (χ0n) is 8.33. The van der Waals surface area contributed by atoms with E-state index in [1.165, 1.54) is 11.0 Å². The van der Waals surface area contributed by atoms with Crippen LogP contribution < -0.4 is 11.2 Å². The van der Waals surface area contributed by atoms with Crippen LogP contribution in [0, 0.1) is 0 Å². The Labute approximate surface area is 84.5 Å². The van der Waals surface area contributed by atoms with E-state index in [0.717, 1.165) is 12.0 Å². The van der Waals surface area contributed by atoms with Crippen LogP contribution in [-0.4, -0.2) is 17.8 Å². The summed E-state index contributed by atoms with van der Waals surface area (Å²) in [5, 5.41) is 9.46. The fraction of sp³-hybridized carbons (Fsp3) is 0.273. The van der Waals surface area contributed by atoms with Gasteiger partial charge in [-0.2, -0.15) is 0 Å². The van der Waals surface area contributed by atoms with Crippen LogP contribution >= 0.6 is 0 Å². The highest BCUT2D eigenvalue weighted by atomic mass is 16.3. The van der Waals surface area contributed by atoms with E-state index in [-0.39, 0.29) is 11.7 Å². The quantitative estimate of drug-likeness (QED) is 0.508. The Morgan fingerprint density at radius 3 is 3.00 bits per heavy atom. The van der Waals surface area contributed by atoms with Crippen molar-refractivity contribution < 1.29 is 5.11 Å². The largest absolute Gasteiger partial charge is 0.508 e. The molecule has 1 aromatic rings. The first-order valence-corrected chi connectivity index (χ1v) is 4.87. The van der Waals surface area contributed by atoms with E-state index in [2.05, 4.69) is 19.5 Å². The third-order valence-corrected chi connectivity index (χ3v) is 3.06. The van der Waals surface area contributed by atoms with Crippen molar-refractivity contribution in [1.82, 2.24) is 0 Å². The van der Waals surface area contributed by atoms with Crippen molar-refractivity contribution in [3.05, 3.63) is 35.9 Å². The Bertz CT molecular complexity index is 389. The van der Waals surface area contributed by atoms with Gasteiger partial charge in [-0.25, -0.2) is 0 Å². The summed E-state index contributed by atoms with van der Waals surface area (Å²) in [4.78, 5) is 0. The van der Waals surface area contributed by atoms with Gasteiger partial charge in [0.25, 0.3) is 0 Å². The van der Waals surface area contributed by atoms with Crippen molar-refractivity contribution in [1.29, 1.82) is 0 Å². The van der Waals surface area contributed by atoms with Gasteiger partial charge in [0.1, 0.15) is 5.76 Å². The van der Waals surface area contributed by atoms with Gasteiger partial charge < -0.3 is 10.8 Å². The molecular weight excluding hydrogens is 173 g/mol. The van der Waals surface area contributed by atoms with Gasteiger partial charge in [0, 0.05) is 5.56 Å². The van der Waals surface area contributed by atoms with Crippen molar-refractivity contribution >= 4 is 17.9 Å². The molecule has 3 heteroatoms. The zero-order chi connectivity index (χ0) is 10.3. The first-order valence-electron chi connectivity index (χ1n) is 4.87. The van der Waals surface area contributed by atoms with Crippen molar-refractivity contribution in [2.75, 3.05) is 0 Å². The van der Waals surface area contributed by atoms with E-state index in [1.54, 1.807) is 0 Å². The number of hydrogen-bond donors (Lipinski definition) is 2. The topological polar surface area (TPSA) is 46.2 Å². The van der Waals surface area contributed by atoms with Gasteiger partial charge in [-0.05, 0) is 12.4 Å². The van der Waals surface area contributed by atoms with Crippen LogP contribution in [0.1, 0.15) is 11.1 Å². The lowest BCUT2D eigenvalue weighted by atomic mass is 9.44. The number of benzene rings is 1. The number of hydrogen-bond acceptors (Lipinski definition) is 2. The van der Waals surface area contributed by atoms with Crippen LogP contribution in [0.3, 0.4) is 0 Å². The first kappa shape index (κ1) is 9.34. The second kappa shape index (κ2) is 3.17. The van der Waals surface area contributed by atoms with Gasteiger partial charge in [0.15, 0.2) is 6.71 Å². The van der Waals surface area contributed by atoms with Crippen molar-refractivity contribution in [2.24, 2.45) is 5.73 Å². The van der Waals surface area contributed by atoms with E-state index in [4.69, 9.17) is 5.73 Å². The van der Waals surface area contributed by atoms with E-state index < -0.39 is 0 Å². The maximum absolute atomic E-state index is 9.46. The third kappa shape index (κ3) is 1.25. The molecule has 0 radical (unpaired) electrons. The van der Waals surface area contributed by atoms with Crippen LogP contribution in [0.15, 0.2) is 24.8 Å². The predicted octanol–water partition coefficient (Wildman–Crippen LogP) is 0.970. The second-order valence-electron chi connectivity index (χ2n) is 3.98. The Morgan fingerprint density at radius 1 is 1.64 bits per heavy atom. The summed E-state index contributed by atoms with van der Waals surface area (Å²) in [6.45, 7) is 5.99. The fourth-order valence-corrected chi connectivity index (χ4v) is 2.23.